The molecule has 0 unspecified atom stereocenters. The SMILES string of the molecule is O=C(O)CN(CC(=O)O)[C@H](Cc1ccc(NC(=S)NCCOCCC(=O)Sc2ccc(CCC(=O)NCCOCCO)cc2)cc1)CN(CC(=O)O)[C@H]1CCCC[C@@H]1N(CC(=O)O)CC(=O)O. The summed E-state index contributed by atoms with van der Waals surface area (Å²) in [6.45, 7) is -1.50. The highest BCUT2D eigenvalue weighted by Crippen LogP contribution is 2.29. The maximum atomic E-state index is 12.5. The fourth-order valence-corrected chi connectivity index (χ4v) is 8.60. The van der Waals surface area contributed by atoms with Crippen LogP contribution in [0.15, 0.2) is 53.4 Å². The number of hydrogen-bond acceptors (Lipinski definition) is 15. The molecule has 9 N–H and O–H groups in total. The molecule has 1 aliphatic carbocycles. The largest absolute Gasteiger partial charge is 0.480 e. The van der Waals surface area contributed by atoms with Gasteiger partial charge in [-0.25, -0.2) is 0 Å². The topological polar surface area (TPSA) is 305 Å². The number of carboxylic acids is 5. The minimum atomic E-state index is -1.30. The van der Waals surface area contributed by atoms with E-state index in [-0.39, 0.29) is 61.9 Å². The molecule has 1 aliphatic rings. The zero-order valence-electron chi connectivity index (χ0n) is 37.2. The Morgan fingerprint density at radius 1 is 0.657 bits per heavy atom. The van der Waals surface area contributed by atoms with Crippen molar-refractivity contribution in [2.45, 2.75) is 74.4 Å². The van der Waals surface area contributed by atoms with Gasteiger partial charge in [0.2, 0.25) is 5.91 Å². The monoisotopic (exact) mass is 978 g/mol. The molecule has 2 aromatic carbocycles. The van der Waals surface area contributed by atoms with Crippen molar-refractivity contribution in [3.8, 4) is 0 Å². The van der Waals surface area contributed by atoms with E-state index >= 15 is 0 Å². The molecule has 370 valence electrons. The maximum absolute atomic E-state index is 12.5. The Morgan fingerprint density at radius 3 is 1.75 bits per heavy atom. The molecular formula is C44H62N6O15S2. The van der Waals surface area contributed by atoms with Crippen molar-refractivity contribution in [1.29, 1.82) is 0 Å². The maximum Gasteiger partial charge on any atom is 0.317 e. The Bertz CT molecular complexity index is 1900. The quantitative estimate of drug-likeness (QED) is 0.0277. The van der Waals surface area contributed by atoms with E-state index in [0.29, 0.717) is 69.5 Å². The van der Waals surface area contributed by atoms with Crippen molar-refractivity contribution in [2.75, 3.05) is 90.7 Å². The summed E-state index contributed by atoms with van der Waals surface area (Å²) >= 11 is 6.53. The van der Waals surface area contributed by atoms with Gasteiger partial charge in [-0.1, -0.05) is 48.9 Å². The molecule has 21 nitrogen and oxygen atoms in total. The number of carbonyl (C=O) groups is 7. The molecule has 0 heterocycles. The van der Waals surface area contributed by atoms with E-state index < -0.39 is 80.7 Å². The lowest BCUT2D eigenvalue weighted by atomic mass is 9.87. The summed E-state index contributed by atoms with van der Waals surface area (Å²) in [6.07, 6.45) is 3.25. The van der Waals surface area contributed by atoms with Crippen molar-refractivity contribution in [1.82, 2.24) is 25.3 Å². The minimum absolute atomic E-state index is 0.0678. The number of hydrogen-bond donors (Lipinski definition) is 9. The highest BCUT2D eigenvalue weighted by molar-refractivity contribution is 8.13. The van der Waals surface area contributed by atoms with Crippen LogP contribution in [-0.2, 0) is 55.9 Å². The Hall–Kier alpha value is -5.27. The van der Waals surface area contributed by atoms with Gasteiger partial charge < -0.3 is 56.1 Å². The lowest BCUT2D eigenvalue weighted by Gasteiger charge is -2.45. The van der Waals surface area contributed by atoms with Crippen LogP contribution >= 0.6 is 24.0 Å². The lowest BCUT2D eigenvalue weighted by molar-refractivity contribution is -0.146. The number of aliphatic hydroxyl groups is 1. The first kappa shape index (κ1) is 56.1. The van der Waals surface area contributed by atoms with Crippen molar-refractivity contribution >= 4 is 75.6 Å². The number of carbonyl (C=O) groups excluding carboxylic acids is 2. The summed E-state index contributed by atoms with van der Waals surface area (Å²) in [7, 11) is 0. The molecule has 67 heavy (non-hydrogen) atoms. The van der Waals surface area contributed by atoms with Crippen LogP contribution in [0.4, 0.5) is 5.69 Å². The molecule has 0 aliphatic heterocycles. The number of aryl methyl sites for hydroxylation is 1. The Labute approximate surface area is 398 Å². The number of carboxylic acid groups (broad SMARTS) is 5. The molecule has 0 radical (unpaired) electrons. The summed E-state index contributed by atoms with van der Waals surface area (Å²) in [5.41, 5.74) is 2.22. The van der Waals surface area contributed by atoms with E-state index in [1.54, 1.807) is 29.2 Å². The number of amides is 1. The number of aliphatic carboxylic acids is 5. The fraction of sp³-hybridized carbons (Fsp3) is 0.545. The molecule has 23 heteroatoms. The predicted molar refractivity (Wildman–Crippen MR) is 249 cm³/mol. The van der Waals surface area contributed by atoms with Gasteiger partial charge in [-0.05, 0) is 73.3 Å². The number of benzene rings is 2. The van der Waals surface area contributed by atoms with Crippen molar-refractivity contribution < 1.29 is 73.7 Å². The summed E-state index contributed by atoms with van der Waals surface area (Å²) < 4.78 is 10.7. The van der Waals surface area contributed by atoms with Gasteiger partial charge >= 0.3 is 29.8 Å². The summed E-state index contributed by atoms with van der Waals surface area (Å²) in [5.74, 6) is -6.42. The zero-order valence-corrected chi connectivity index (χ0v) is 38.8. The third-order valence-corrected chi connectivity index (χ3v) is 11.7. The van der Waals surface area contributed by atoms with E-state index in [9.17, 15) is 59.1 Å². The molecule has 2 aromatic rings. The molecule has 1 fully saturated rings. The number of ether oxygens (including phenoxy) is 2. The van der Waals surface area contributed by atoms with Crippen LogP contribution < -0.4 is 16.0 Å². The molecule has 0 saturated heterocycles. The molecule has 0 bridgehead atoms. The van der Waals surface area contributed by atoms with Gasteiger partial charge in [-0.15, -0.1) is 0 Å². The third kappa shape index (κ3) is 23.3. The number of nitrogens with one attached hydrogen (secondary N) is 3. The first-order valence-corrected chi connectivity index (χ1v) is 23.0. The number of rotatable bonds is 33. The average molecular weight is 979 g/mol. The molecule has 0 aromatic heterocycles. The van der Waals surface area contributed by atoms with Gasteiger partial charge in [0.15, 0.2) is 10.2 Å². The highest BCUT2D eigenvalue weighted by atomic mass is 32.2. The molecule has 0 spiro atoms. The van der Waals surface area contributed by atoms with Gasteiger partial charge in [0.1, 0.15) is 0 Å². The second kappa shape index (κ2) is 30.9. The number of aliphatic hydroxyl groups excluding tert-OH is 1. The van der Waals surface area contributed by atoms with Crippen LogP contribution in [-0.4, -0.2) is 195 Å². The number of anilines is 1. The van der Waals surface area contributed by atoms with Crippen molar-refractivity contribution in [3.63, 3.8) is 0 Å². The second-order valence-electron chi connectivity index (χ2n) is 15.7. The fourth-order valence-electron chi connectivity index (χ4n) is 7.66. The second-order valence-corrected chi connectivity index (χ2v) is 17.3. The third-order valence-electron chi connectivity index (χ3n) is 10.6. The molecule has 1 saturated carbocycles. The van der Waals surface area contributed by atoms with Crippen molar-refractivity contribution in [2.24, 2.45) is 0 Å². The van der Waals surface area contributed by atoms with Gasteiger partial charge in [0.05, 0.1) is 65.8 Å². The van der Waals surface area contributed by atoms with Gasteiger partial charge in [-0.2, -0.15) is 0 Å². The molecule has 1 amide bonds. The van der Waals surface area contributed by atoms with E-state index in [2.05, 4.69) is 16.0 Å². The van der Waals surface area contributed by atoms with E-state index in [0.717, 1.165) is 22.2 Å². The average Bonchev–Trinajstić information content (AvgIpc) is 3.26. The van der Waals surface area contributed by atoms with E-state index in [1.165, 1.54) is 9.80 Å². The molecule has 3 atom stereocenters. The Balaban J connectivity index is 1.52. The normalized spacial score (nSPS) is 15.2. The van der Waals surface area contributed by atoms with Crippen LogP contribution in [0.3, 0.4) is 0 Å². The molecular weight excluding hydrogens is 917 g/mol. The smallest absolute Gasteiger partial charge is 0.317 e. The number of thiocarbonyl (C=S) groups is 1. The summed E-state index contributed by atoms with van der Waals surface area (Å²) in [5, 5.41) is 66.4. The van der Waals surface area contributed by atoms with Crippen LogP contribution in [0, 0.1) is 0 Å². The van der Waals surface area contributed by atoms with Gasteiger partial charge in [-0.3, -0.25) is 48.3 Å². The first-order chi connectivity index (χ1) is 32.0. The van der Waals surface area contributed by atoms with Crippen LogP contribution in [0.1, 0.15) is 49.7 Å². The Morgan fingerprint density at radius 2 is 1.18 bits per heavy atom. The van der Waals surface area contributed by atoms with Crippen LogP contribution in [0.5, 0.6) is 0 Å². The standard InChI is InChI=1S/C44H62N6O15S2/c51-18-22-65-20-16-45-37(52)14-9-30-7-12-34(13-8-30)67-43(63)15-19-64-21-17-46-44(66)47-32-10-5-31(6-11-32)23-33(48(25-38(53)54)26-39(55)56)24-49(27-40(57)58)35-3-1-2-4-36(35)50(28-41(59)60)29-42(61)62/h5-8,10-13,33,35-36,51H,1-4,9,14-29H2,(H,45,52)(H,53,54)(H,55,56)(H,57,58)(H,59,60)(H,61,62)(H2,46,47,66)/t33-,35+,36+/m1/s1. The van der Waals surface area contributed by atoms with Crippen LogP contribution in [0.25, 0.3) is 0 Å². The number of nitrogens with zero attached hydrogens (tertiary/aromatic N) is 3. The number of thioether (sulfide) groups is 1. The van der Waals surface area contributed by atoms with Crippen LogP contribution in [0.2, 0.25) is 0 Å². The zero-order chi connectivity index (χ0) is 49.1. The Kier molecular flexibility index (Phi) is 25.9. The highest BCUT2D eigenvalue weighted by Gasteiger charge is 2.38. The van der Waals surface area contributed by atoms with Crippen molar-refractivity contribution in [3.05, 3.63) is 59.7 Å². The summed E-state index contributed by atoms with van der Waals surface area (Å²) in [6, 6.07) is 12.2. The van der Waals surface area contributed by atoms with E-state index in [4.69, 9.17) is 26.8 Å². The first-order valence-electron chi connectivity index (χ1n) is 21.8. The van der Waals surface area contributed by atoms with Gasteiger partial charge in [0.25, 0.3) is 0 Å². The predicted octanol–water partition coefficient (Wildman–Crippen LogP) is 1.31. The van der Waals surface area contributed by atoms with E-state index in [1.807, 2.05) is 24.3 Å². The minimum Gasteiger partial charge on any atom is -0.480 e. The lowest BCUT2D eigenvalue weighted by Crippen LogP contribution is -2.59. The van der Waals surface area contributed by atoms with Gasteiger partial charge in [0, 0.05) is 61.2 Å². The summed E-state index contributed by atoms with van der Waals surface area (Å²) in [4.78, 5) is 89.1. The molecule has 3 rings (SSSR count).